The van der Waals surface area contributed by atoms with Gasteiger partial charge < -0.3 is 21.5 Å². The summed E-state index contributed by atoms with van der Waals surface area (Å²) in [4.78, 5) is 11.0. The Bertz CT molecular complexity index is 611. The summed E-state index contributed by atoms with van der Waals surface area (Å²) < 4.78 is 5.24. The highest BCUT2D eigenvalue weighted by atomic mass is 16.5. The van der Waals surface area contributed by atoms with Crippen molar-refractivity contribution < 1.29 is 9.53 Å². The van der Waals surface area contributed by atoms with Gasteiger partial charge in [0.1, 0.15) is 5.75 Å². The molecular formula is C14H15N3O2. The van der Waals surface area contributed by atoms with E-state index >= 15 is 0 Å². The third-order valence-electron chi connectivity index (χ3n) is 2.71. The van der Waals surface area contributed by atoms with Gasteiger partial charge in [-0.2, -0.15) is 0 Å². The van der Waals surface area contributed by atoms with Gasteiger partial charge in [-0.3, -0.25) is 4.79 Å². The van der Waals surface area contributed by atoms with Gasteiger partial charge >= 0.3 is 0 Å². The first-order valence-electron chi connectivity index (χ1n) is 5.71. The van der Waals surface area contributed by atoms with Crippen molar-refractivity contribution in [2.45, 2.75) is 0 Å². The summed E-state index contributed by atoms with van der Waals surface area (Å²) in [6.07, 6.45) is 0. The van der Waals surface area contributed by atoms with Crippen LogP contribution in [0.4, 0.5) is 17.1 Å². The molecule has 0 aliphatic heterocycles. The van der Waals surface area contributed by atoms with Gasteiger partial charge in [0.2, 0.25) is 5.91 Å². The maximum atomic E-state index is 11.0. The summed E-state index contributed by atoms with van der Waals surface area (Å²) in [5, 5.41) is 3.16. The summed E-state index contributed by atoms with van der Waals surface area (Å²) in [6.45, 7) is 0. The lowest BCUT2D eigenvalue weighted by Crippen LogP contribution is -2.11. The number of carbonyl (C=O) groups is 1. The highest BCUT2D eigenvalue weighted by Crippen LogP contribution is 2.30. The van der Waals surface area contributed by atoms with E-state index in [1.54, 1.807) is 25.3 Å². The summed E-state index contributed by atoms with van der Waals surface area (Å²) in [5.41, 5.74) is 13.4. The van der Waals surface area contributed by atoms with Gasteiger partial charge in [0.15, 0.2) is 0 Å². The maximum absolute atomic E-state index is 11.0. The first-order chi connectivity index (χ1) is 9.11. The van der Waals surface area contributed by atoms with E-state index in [2.05, 4.69) is 5.32 Å². The van der Waals surface area contributed by atoms with Crippen molar-refractivity contribution in [2.75, 3.05) is 18.2 Å². The van der Waals surface area contributed by atoms with Crippen molar-refractivity contribution in [1.82, 2.24) is 0 Å². The average molecular weight is 257 g/mol. The fourth-order valence-corrected chi connectivity index (χ4v) is 1.72. The van der Waals surface area contributed by atoms with E-state index in [1.165, 1.54) is 0 Å². The molecule has 0 aromatic heterocycles. The minimum Gasteiger partial charge on any atom is -0.495 e. The Kier molecular flexibility index (Phi) is 3.56. The van der Waals surface area contributed by atoms with Crippen LogP contribution in [0.1, 0.15) is 10.4 Å². The molecule has 0 saturated heterocycles. The van der Waals surface area contributed by atoms with E-state index in [9.17, 15) is 4.79 Å². The van der Waals surface area contributed by atoms with Crippen LogP contribution in [0, 0.1) is 0 Å². The number of anilines is 3. The highest BCUT2D eigenvalue weighted by Gasteiger charge is 2.07. The number of methoxy groups -OCH3 is 1. The summed E-state index contributed by atoms with van der Waals surface area (Å²) in [7, 11) is 1.60. The normalized spacial score (nSPS) is 9.95. The number of nitrogens with two attached hydrogens (primary N) is 2. The molecule has 0 aliphatic rings. The van der Waals surface area contributed by atoms with E-state index in [1.807, 2.05) is 24.3 Å². The van der Waals surface area contributed by atoms with E-state index in [4.69, 9.17) is 16.2 Å². The molecule has 19 heavy (non-hydrogen) atoms. The van der Waals surface area contributed by atoms with Crippen LogP contribution in [0.15, 0.2) is 42.5 Å². The van der Waals surface area contributed by atoms with Crippen LogP contribution in [0.2, 0.25) is 0 Å². The minimum absolute atomic E-state index is 0.378. The predicted octanol–water partition coefficient (Wildman–Crippen LogP) is 2.12. The molecule has 0 saturated carbocycles. The molecule has 0 atom stereocenters. The third kappa shape index (κ3) is 2.77. The number of carbonyl (C=O) groups excluding carboxylic acids is 1. The topological polar surface area (TPSA) is 90.4 Å². The van der Waals surface area contributed by atoms with Crippen molar-refractivity contribution in [3.8, 4) is 5.75 Å². The van der Waals surface area contributed by atoms with Gasteiger partial charge in [-0.15, -0.1) is 0 Å². The van der Waals surface area contributed by atoms with Gasteiger partial charge in [0, 0.05) is 5.56 Å². The number of para-hydroxylation sites is 2. The van der Waals surface area contributed by atoms with E-state index < -0.39 is 5.91 Å². The summed E-state index contributed by atoms with van der Waals surface area (Å²) in [6, 6.07) is 12.4. The van der Waals surface area contributed by atoms with Gasteiger partial charge in [0.05, 0.1) is 24.2 Å². The van der Waals surface area contributed by atoms with Gasteiger partial charge in [-0.05, 0) is 30.3 Å². The van der Waals surface area contributed by atoms with E-state index in [0.29, 0.717) is 22.7 Å². The Morgan fingerprint density at radius 3 is 2.53 bits per heavy atom. The molecule has 98 valence electrons. The zero-order chi connectivity index (χ0) is 13.8. The quantitative estimate of drug-likeness (QED) is 0.732. The van der Waals surface area contributed by atoms with Crippen molar-refractivity contribution >= 4 is 23.0 Å². The zero-order valence-electron chi connectivity index (χ0n) is 10.5. The number of hydrogen-bond donors (Lipinski definition) is 3. The first kappa shape index (κ1) is 12.8. The number of benzene rings is 2. The molecule has 0 radical (unpaired) electrons. The fourth-order valence-electron chi connectivity index (χ4n) is 1.72. The third-order valence-corrected chi connectivity index (χ3v) is 2.71. The monoisotopic (exact) mass is 257 g/mol. The van der Waals surface area contributed by atoms with Crippen LogP contribution in [0.3, 0.4) is 0 Å². The Morgan fingerprint density at radius 1 is 1.16 bits per heavy atom. The molecule has 0 unspecified atom stereocenters. The van der Waals surface area contributed by atoms with Crippen LogP contribution in [-0.4, -0.2) is 13.0 Å². The molecular weight excluding hydrogens is 242 g/mol. The Balaban J connectivity index is 2.31. The van der Waals surface area contributed by atoms with Crippen molar-refractivity contribution in [3.05, 3.63) is 48.0 Å². The van der Waals surface area contributed by atoms with Crippen molar-refractivity contribution in [2.24, 2.45) is 5.73 Å². The molecule has 2 aromatic carbocycles. The van der Waals surface area contributed by atoms with Crippen LogP contribution >= 0.6 is 0 Å². The second-order valence-electron chi connectivity index (χ2n) is 3.99. The average Bonchev–Trinajstić information content (AvgIpc) is 2.41. The molecule has 2 rings (SSSR count). The molecule has 5 nitrogen and oxygen atoms in total. The van der Waals surface area contributed by atoms with Crippen molar-refractivity contribution in [1.29, 1.82) is 0 Å². The fraction of sp³-hybridized carbons (Fsp3) is 0.0714. The predicted molar refractivity (Wildman–Crippen MR) is 75.6 cm³/mol. The van der Waals surface area contributed by atoms with E-state index in [0.717, 1.165) is 5.69 Å². The summed E-state index contributed by atoms with van der Waals surface area (Å²) in [5.74, 6) is 0.205. The lowest BCUT2D eigenvalue weighted by molar-refractivity contribution is 0.100. The standard InChI is InChI=1S/C14H15N3O2/c1-19-13-5-3-2-4-12(13)17-11-7-6-9(14(16)18)8-10(11)15/h2-8,17H,15H2,1H3,(H2,16,18). The molecule has 2 aromatic rings. The number of primary amides is 1. The summed E-state index contributed by atoms with van der Waals surface area (Å²) >= 11 is 0. The minimum atomic E-state index is -0.504. The zero-order valence-corrected chi connectivity index (χ0v) is 10.5. The second kappa shape index (κ2) is 5.30. The molecule has 0 bridgehead atoms. The number of amides is 1. The second-order valence-corrected chi connectivity index (χ2v) is 3.99. The highest BCUT2D eigenvalue weighted by molar-refractivity contribution is 5.95. The molecule has 5 N–H and O–H groups in total. The Labute approximate surface area is 111 Å². The van der Waals surface area contributed by atoms with Crippen LogP contribution in [0.25, 0.3) is 0 Å². The van der Waals surface area contributed by atoms with Crippen LogP contribution in [-0.2, 0) is 0 Å². The SMILES string of the molecule is COc1ccccc1Nc1ccc(C(N)=O)cc1N. The van der Waals surface area contributed by atoms with Crippen molar-refractivity contribution in [3.63, 3.8) is 0 Å². The molecule has 0 heterocycles. The molecule has 0 fully saturated rings. The number of hydrogen-bond acceptors (Lipinski definition) is 4. The maximum Gasteiger partial charge on any atom is 0.248 e. The lowest BCUT2D eigenvalue weighted by Gasteiger charge is -2.13. The van der Waals surface area contributed by atoms with E-state index in [-0.39, 0.29) is 0 Å². The van der Waals surface area contributed by atoms with Gasteiger partial charge in [-0.25, -0.2) is 0 Å². The first-order valence-corrected chi connectivity index (χ1v) is 5.71. The molecule has 5 heteroatoms. The molecule has 1 amide bonds. The number of nitrogens with one attached hydrogen (secondary N) is 1. The molecule has 0 aliphatic carbocycles. The number of ether oxygens (including phenoxy) is 1. The van der Waals surface area contributed by atoms with Crippen LogP contribution < -0.4 is 21.5 Å². The smallest absolute Gasteiger partial charge is 0.248 e. The number of nitrogen functional groups attached to an aromatic ring is 1. The largest absolute Gasteiger partial charge is 0.495 e. The Morgan fingerprint density at radius 2 is 1.89 bits per heavy atom. The lowest BCUT2D eigenvalue weighted by atomic mass is 10.1. The molecule has 0 spiro atoms. The Hall–Kier alpha value is -2.69. The number of rotatable bonds is 4. The van der Waals surface area contributed by atoms with Gasteiger partial charge in [0.25, 0.3) is 0 Å². The van der Waals surface area contributed by atoms with Gasteiger partial charge in [-0.1, -0.05) is 12.1 Å². The van der Waals surface area contributed by atoms with Crippen LogP contribution in [0.5, 0.6) is 5.75 Å².